The molecule has 0 spiro atoms. The van der Waals surface area contributed by atoms with Crippen molar-refractivity contribution < 1.29 is 23.5 Å². The number of rotatable bonds is 8. The Morgan fingerprint density at radius 1 is 1.15 bits per heavy atom. The number of hydrogen-bond donors (Lipinski definition) is 0. The molecule has 5 heteroatoms. The van der Waals surface area contributed by atoms with Crippen molar-refractivity contribution >= 4 is 11.9 Å². The van der Waals surface area contributed by atoms with Gasteiger partial charge < -0.3 is 14.0 Å². The number of fused-ring (bicyclic) bond motifs is 2. The number of likely N-dealkylation sites (N-methyl/N-ethyl adjacent to an activating group) is 1. The van der Waals surface area contributed by atoms with E-state index in [1.165, 1.54) is 6.42 Å². The molecule has 150 valence electrons. The minimum Gasteiger partial charge on any atom is -0.462 e. The van der Waals surface area contributed by atoms with Gasteiger partial charge in [0.25, 0.3) is 0 Å². The molecule has 0 radical (unpaired) electrons. The van der Waals surface area contributed by atoms with Crippen molar-refractivity contribution in [3.05, 3.63) is 0 Å². The summed E-state index contributed by atoms with van der Waals surface area (Å²) in [4.78, 5) is 24.4. The Balaban J connectivity index is 1.79. The summed E-state index contributed by atoms with van der Waals surface area (Å²) in [5.41, 5.74) is 0.339. The molecule has 2 aliphatic rings. The quantitative estimate of drug-likeness (QED) is 0.487. The first-order chi connectivity index (χ1) is 11.9. The highest BCUT2D eigenvalue weighted by atomic mass is 16.5. The second-order valence-electron chi connectivity index (χ2n) is 10.2. The standard InChI is InChI=1S/C21H38NO4/c1-15(2)14-25-19(24)13-22(6,7)11-9-18(23)26-17-12-16-8-10-21(17,5)20(16,3)4/h15-17H,8-14H2,1-7H3/q+1/t16-,17+,21-/m1/s1. The summed E-state index contributed by atoms with van der Waals surface area (Å²) in [6, 6.07) is 0. The van der Waals surface area contributed by atoms with E-state index in [0.29, 0.717) is 35.9 Å². The smallest absolute Gasteiger partial charge is 0.361 e. The molecule has 26 heavy (non-hydrogen) atoms. The first-order valence-electron chi connectivity index (χ1n) is 10.0. The van der Waals surface area contributed by atoms with Crippen molar-refractivity contribution in [2.75, 3.05) is 33.8 Å². The molecule has 2 fully saturated rings. The fourth-order valence-corrected chi connectivity index (χ4v) is 4.65. The highest BCUT2D eigenvalue weighted by molar-refractivity contribution is 5.71. The van der Waals surface area contributed by atoms with E-state index in [1.54, 1.807) is 0 Å². The normalized spacial score (nSPS) is 29.8. The van der Waals surface area contributed by atoms with Gasteiger partial charge in [0.1, 0.15) is 6.10 Å². The average molecular weight is 369 g/mol. The van der Waals surface area contributed by atoms with Crippen molar-refractivity contribution in [2.24, 2.45) is 22.7 Å². The lowest BCUT2D eigenvalue weighted by Crippen LogP contribution is -2.46. The predicted octanol–water partition coefficient (Wildman–Crippen LogP) is 3.41. The second-order valence-corrected chi connectivity index (χ2v) is 10.2. The molecule has 0 N–H and O–H groups in total. The zero-order valence-corrected chi connectivity index (χ0v) is 17.8. The monoisotopic (exact) mass is 368 g/mol. The van der Waals surface area contributed by atoms with Crippen molar-refractivity contribution in [2.45, 2.75) is 66.4 Å². The van der Waals surface area contributed by atoms with Crippen LogP contribution in [-0.4, -0.2) is 56.3 Å². The third-order valence-corrected chi connectivity index (χ3v) is 7.04. The van der Waals surface area contributed by atoms with Crippen LogP contribution < -0.4 is 0 Å². The Labute approximate surface area is 159 Å². The summed E-state index contributed by atoms with van der Waals surface area (Å²) in [6.45, 7) is 12.2. The summed E-state index contributed by atoms with van der Waals surface area (Å²) in [6.07, 6.45) is 3.76. The number of quaternary nitrogens is 1. The van der Waals surface area contributed by atoms with Crippen LogP contribution in [-0.2, 0) is 19.1 Å². The van der Waals surface area contributed by atoms with Crippen LogP contribution >= 0.6 is 0 Å². The Morgan fingerprint density at radius 3 is 2.31 bits per heavy atom. The Kier molecular flexibility index (Phi) is 6.11. The molecule has 0 saturated heterocycles. The first kappa shape index (κ1) is 21.2. The van der Waals surface area contributed by atoms with Crippen molar-refractivity contribution in [1.29, 1.82) is 0 Å². The number of ether oxygens (including phenoxy) is 2. The van der Waals surface area contributed by atoms with Gasteiger partial charge in [-0.15, -0.1) is 0 Å². The van der Waals surface area contributed by atoms with Gasteiger partial charge in [-0.05, 0) is 36.5 Å². The molecule has 0 unspecified atom stereocenters. The molecule has 0 heterocycles. The molecule has 0 amide bonds. The van der Waals surface area contributed by atoms with Gasteiger partial charge in [-0.2, -0.15) is 0 Å². The maximum absolute atomic E-state index is 12.4. The molecular formula is C21H38NO4+. The van der Waals surface area contributed by atoms with Crippen LogP contribution in [0.25, 0.3) is 0 Å². The predicted molar refractivity (Wildman–Crippen MR) is 101 cm³/mol. The van der Waals surface area contributed by atoms with Gasteiger partial charge in [0.15, 0.2) is 6.54 Å². The van der Waals surface area contributed by atoms with Gasteiger partial charge in [-0.3, -0.25) is 4.79 Å². The summed E-state index contributed by atoms with van der Waals surface area (Å²) in [5, 5.41) is 0. The van der Waals surface area contributed by atoms with Gasteiger partial charge >= 0.3 is 11.9 Å². The maximum Gasteiger partial charge on any atom is 0.361 e. The third kappa shape index (κ3) is 4.41. The Morgan fingerprint density at radius 2 is 1.81 bits per heavy atom. The lowest BCUT2D eigenvalue weighted by atomic mass is 9.70. The average Bonchev–Trinajstić information content (AvgIpc) is 2.84. The molecule has 5 nitrogen and oxygen atoms in total. The van der Waals surface area contributed by atoms with E-state index in [2.05, 4.69) is 20.8 Å². The van der Waals surface area contributed by atoms with Gasteiger partial charge in [0, 0.05) is 5.41 Å². The largest absolute Gasteiger partial charge is 0.462 e. The van der Waals surface area contributed by atoms with Gasteiger partial charge in [0.2, 0.25) is 0 Å². The number of hydrogen-bond acceptors (Lipinski definition) is 4. The van der Waals surface area contributed by atoms with Crippen LogP contribution in [0, 0.1) is 22.7 Å². The van der Waals surface area contributed by atoms with Gasteiger partial charge in [0.05, 0.1) is 33.7 Å². The molecule has 0 aromatic rings. The fourth-order valence-electron chi connectivity index (χ4n) is 4.65. The Hall–Kier alpha value is -1.10. The molecule has 0 aromatic heterocycles. The number of carbonyl (C=O) groups is 2. The third-order valence-electron chi connectivity index (χ3n) is 7.04. The SMILES string of the molecule is CC(C)COC(=O)C[N+](C)(C)CCC(=O)O[C@H]1C[C@H]2CC[C@@]1(C)C2(C)C. The van der Waals surface area contributed by atoms with Crippen LogP contribution in [0.2, 0.25) is 0 Å². The van der Waals surface area contributed by atoms with Crippen molar-refractivity contribution in [1.82, 2.24) is 0 Å². The van der Waals surface area contributed by atoms with Crippen LogP contribution in [0.4, 0.5) is 0 Å². The van der Waals surface area contributed by atoms with E-state index in [1.807, 2.05) is 27.9 Å². The van der Waals surface area contributed by atoms with Crippen molar-refractivity contribution in [3.8, 4) is 0 Å². The topological polar surface area (TPSA) is 52.6 Å². The molecule has 3 atom stereocenters. The molecule has 0 aromatic carbocycles. The minimum absolute atomic E-state index is 0.0374. The molecule has 2 aliphatic carbocycles. The van der Waals surface area contributed by atoms with Crippen molar-refractivity contribution in [3.63, 3.8) is 0 Å². The maximum atomic E-state index is 12.4. The van der Waals surface area contributed by atoms with E-state index in [-0.39, 0.29) is 35.4 Å². The number of nitrogens with zero attached hydrogens (tertiary/aromatic N) is 1. The molecular weight excluding hydrogens is 330 g/mol. The molecule has 2 saturated carbocycles. The zero-order valence-electron chi connectivity index (χ0n) is 17.8. The fraction of sp³-hybridized carbons (Fsp3) is 0.905. The van der Waals surface area contributed by atoms with E-state index >= 15 is 0 Å². The van der Waals surface area contributed by atoms with E-state index < -0.39 is 0 Å². The van der Waals surface area contributed by atoms with Crippen LogP contribution in [0.1, 0.15) is 60.3 Å². The lowest BCUT2D eigenvalue weighted by molar-refractivity contribution is -0.882. The Bertz CT molecular complexity index is 540. The van der Waals surface area contributed by atoms with Gasteiger partial charge in [-0.1, -0.05) is 34.6 Å². The van der Waals surface area contributed by atoms with Crippen LogP contribution in [0.3, 0.4) is 0 Å². The summed E-state index contributed by atoms with van der Waals surface area (Å²) in [5.74, 6) is 0.644. The number of carbonyl (C=O) groups excluding carboxylic acids is 2. The summed E-state index contributed by atoms with van der Waals surface area (Å²) < 4.78 is 11.6. The van der Waals surface area contributed by atoms with E-state index in [9.17, 15) is 9.59 Å². The van der Waals surface area contributed by atoms with E-state index in [0.717, 1.165) is 12.8 Å². The highest BCUT2D eigenvalue weighted by Crippen LogP contribution is 2.66. The first-order valence-corrected chi connectivity index (χ1v) is 10.0. The molecule has 2 rings (SSSR count). The minimum atomic E-state index is -0.209. The summed E-state index contributed by atoms with van der Waals surface area (Å²) in [7, 11) is 3.90. The van der Waals surface area contributed by atoms with Crippen LogP contribution in [0.5, 0.6) is 0 Å². The van der Waals surface area contributed by atoms with Crippen LogP contribution in [0.15, 0.2) is 0 Å². The molecule has 2 bridgehead atoms. The molecule has 0 aliphatic heterocycles. The lowest BCUT2D eigenvalue weighted by Gasteiger charge is -2.38. The second kappa shape index (κ2) is 7.49. The number of esters is 2. The summed E-state index contributed by atoms with van der Waals surface area (Å²) >= 11 is 0. The van der Waals surface area contributed by atoms with Gasteiger partial charge in [-0.25, -0.2) is 4.79 Å². The highest BCUT2D eigenvalue weighted by Gasteiger charge is 2.62. The van der Waals surface area contributed by atoms with E-state index in [4.69, 9.17) is 9.47 Å². The zero-order chi connectivity index (χ0) is 19.8.